The molecule has 28 heavy (non-hydrogen) atoms. The number of rotatable bonds is 4. The zero-order chi connectivity index (χ0) is 19.7. The number of carbonyl (C=O) groups excluding carboxylic acids is 1. The van der Waals surface area contributed by atoms with Gasteiger partial charge in [0.05, 0.1) is 27.5 Å². The molecule has 8 heteroatoms. The molecule has 2 aromatic heterocycles. The molecular formula is C20H12BrClFN3OS. The second kappa shape index (κ2) is 7.95. The van der Waals surface area contributed by atoms with Crippen molar-refractivity contribution in [1.29, 1.82) is 0 Å². The molecule has 1 amide bonds. The van der Waals surface area contributed by atoms with Crippen LogP contribution < -0.4 is 4.90 Å². The largest absolute Gasteiger partial charge is 0.278 e. The molecule has 0 saturated heterocycles. The molecular weight excluding hydrogens is 465 g/mol. The lowest BCUT2D eigenvalue weighted by Crippen LogP contribution is -2.31. The number of amides is 1. The first-order valence-corrected chi connectivity index (χ1v) is 10.2. The minimum atomic E-state index is -0.425. The van der Waals surface area contributed by atoms with E-state index in [0.717, 1.165) is 4.47 Å². The van der Waals surface area contributed by atoms with E-state index in [1.165, 1.54) is 22.3 Å². The minimum absolute atomic E-state index is 0.184. The number of halogens is 3. The molecule has 0 aliphatic carbocycles. The summed E-state index contributed by atoms with van der Waals surface area (Å²) < 4.78 is 15.5. The second-order valence-electron chi connectivity index (χ2n) is 5.92. The van der Waals surface area contributed by atoms with Crippen molar-refractivity contribution in [3.05, 3.63) is 87.4 Å². The highest BCUT2D eigenvalue weighted by Gasteiger charge is 2.24. The summed E-state index contributed by atoms with van der Waals surface area (Å²) >= 11 is 10.9. The van der Waals surface area contributed by atoms with Crippen LogP contribution in [0, 0.1) is 5.82 Å². The Morgan fingerprint density at radius 1 is 1.18 bits per heavy atom. The van der Waals surface area contributed by atoms with E-state index in [-0.39, 0.29) is 18.0 Å². The van der Waals surface area contributed by atoms with Crippen molar-refractivity contribution in [3.8, 4) is 0 Å². The molecule has 0 radical (unpaired) electrons. The Labute approximate surface area is 177 Å². The van der Waals surface area contributed by atoms with Crippen LogP contribution in [0.4, 0.5) is 9.52 Å². The van der Waals surface area contributed by atoms with E-state index in [2.05, 4.69) is 25.9 Å². The number of anilines is 1. The number of para-hydroxylation sites is 1. The molecule has 140 valence electrons. The Hall–Kier alpha value is -2.35. The third-order valence-corrected chi connectivity index (χ3v) is 5.91. The predicted octanol–water partition coefficient (Wildman–Crippen LogP) is 6.09. The third kappa shape index (κ3) is 3.78. The fraction of sp³-hybridized carbons (Fsp3) is 0.0500. The molecule has 0 unspecified atom stereocenters. The summed E-state index contributed by atoms with van der Waals surface area (Å²) in [5.74, 6) is -0.762. The van der Waals surface area contributed by atoms with Gasteiger partial charge in [-0.15, -0.1) is 0 Å². The van der Waals surface area contributed by atoms with Crippen LogP contribution in [0.1, 0.15) is 16.1 Å². The van der Waals surface area contributed by atoms with E-state index >= 15 is 0 Å². The topological polar surface area (TPSA) is 46.1 Å². The maximum Gasteiger partial charge on any atom is 0.261 e. The van der Waals surface area contributed by atoms with Crippen LogP contribution in [0.5, 0.6) is 0 Å². The summed E-state index contributed by atoms with van der Waals surface area (Å²) in [5, 5.41) is 0.707. The van der Waals surface area contributed by atoms with Gasteiger partial charge in [0.25, 0.3) is 5.91 Å². The molecule has 0 aliphatic heterocycles. The molecule has 0 bridgehead atoms. The van der Waals surface area contributed by atoms with Gasteiger partial charge in [0, 0.05) is 10.7 Å². The Kier molecular flexibility index (Phi) is 5.39. The highest BCUT2D eigenvalue weighted by Crippen LogP contribution is 2.33. The van der Waals surface area contributed by atoms with Crippen molar-refractivity contribution >= 4 is 60.1 Å². The predicted molar refractivity (Wildman–Crippen MR) is 113 cm³/mol. The lowest BCUT2D eigenvalue weighted by molar-refractivity contribution is 0.0985. The van der Waals surface area contributed by atoms with E-state index in [1.807, 2.05) is 12.1 Å². The monoisotopic (exact) mass is 475 g/mol. The SMILES string of the molecule is O=C(c1cc(Br)ccc1Cl)N(Cc1ccccn1)c1nc2c(F)cccc2s1. The number of thiazole rings is 1. The molecule has 0 saturated carbocycles. The molecule has 4 nitrogen and oxygen atoms in total. The lowest BCUT2D eigenvalue weighted by atomic mass is 10.2. The van der Waals surface area contributed by atoms with Crippen LogP contribution >= 0.6 is 38.9 Å². The van der Waals surface area contributed by atoms with Gasteiger partial charge >= 0.3 is 0 Å². The Morgan fingerprint density at radius 3 is 2.79 bits per heavy atom. The van der Waals surface area contributed by atoms with Crippen LogP contribution in [0.3, 0.4) is 0 Å². The van der Waals surface area contributed by atoms with Crippen molar-refractivity contribution in [3.63, 3.8) is 0 Å². The van der Waals surface area contributed by atoms with Crippen molar-refractivity contribution in [1.82, 2.24) is 9.97 Å². The fourth-order valence-corrected chi connectivity index (χ4v) is 4.24. The maximum absolute atomic E-state index is 14.1. The van der Waals surface area contributed by atoms with Crippen molar-refractivity contribution < 1.29 is 9.18 Å². The standard InChI is InChI=1S/C20H12BrClFN3OS/c21-12-7-8-15(22)14(10-12)19(27)26(11-13-4-1-2-9-24-13)20-25-18-16(23)5-3-6-17(18)28-20/h1-10H,11H2. The minimum Gasteiger partial charge on any atom is -0.278 e. The van der Waals surface area contributed by atoms with Gasteiger partial charge in [-0.1, -0.05) is 51.0 Å². The van der Waals surface area contributed by atoms with E-state index in [9.17, 15) is 9.18 Å². The number of benzene rings is 2. The molecule has 4 rings (SSSR count). The molecule has 0 N–H and O–H groups in total. The maximum atomic E-state index is 14.1. The van der Waals surface area contributed by atoms with Crippen molar-refractivity contribution in [2.75, 3.05) is 4.90 Å². The quantitative estimate of drug-likeness (QED) is 0.358. The van der Waals surface area contributed by atoms with Crippen LogP contribution in [0.25, 0.3) is 10.2 Å². The van der Waals surface area contributed by atoms with Gasteiger partial charge in [0.1, 0.15) is 11.3 Å². The second-order valence-corrected chi connectivity index (χ2v) is 8.25. The highest BCUT2D eigenvalue weighted by atomic mass is 79.9. The zero-order valence-electron chi connectivity index (χ0n) is 14.3. The van der Waals surface area contributed by atoms with Crippen LogP contribution in [-0.2, 0) is 6.54 Å². The lowest BCUT2D eigenvalue weighted by Gasteiger charge is -2.20. The van der Waals surface area contributed by atoms with E-state index in [4.69, 9.17) is 11.6 Å². The van der Waals surface area contributed by atoms with Gasteiger partial charge in [-0.3, -0.25) is 14.7 Å². The molecule has 0 spiro atoms. The first kappa shape index (κ1) is 19.0. The average Bonchev–Trinajstić information content (AvgIpc) is 3.14. The normalized spacial score (nSPS) is 11.0. The molecule has 2 aromatic carbocycles. The summed E-state index contributed by atoms with van der Waals surface area (Å²) in [6, 6.07) is 15.3. The van der Waals surface area contributed by atoms with Crippen LogP contribution in [0.2, 0.25) is 5.02 Å². The fourth-order valence-electron chi connectivity index (χ4n) is 2.71. The molecule has 2 heterocycles. The third-order valence-electron chi connectivity index (χ3n) is 4.04. The summed E-state index contributed by atoms with van der Waals surface area (Å²) in [6.45, 7) is 0.184. The van der Waals surface area contributed by atoms with Gasteiger partial charge in [-0.25, -0.2) is 9.37 Å². The zero-order valence-corrected chi connectivity index (χ0v) is 17.4. The molecule has 0 atom stereocenters. The van der Waals surface area contributed by atoms with Gasteiger partial charge in [-0.05, 0) is 42.5 Å². The Balaban J connectivity index is 1.82. The molecule has 0 aliphatic rings. The summed E-state index contributed by atoms with van der Waals surface area (Å²) in [5.41, 5.74) is 1.25. The summed E-state index contributed by atoms with van der Waals surface area (Å²) in [4.78, 5) is 23.5. The van der Waals surface area contributed by atoms with Crippen LogP contribution in [0.15, 0.2) is 65.3 Å². The Bertz CT molecular complexity index is 1170. The van der Waals surface area contributed by atoms with Crippen molar-refractivity contribution in [2.24, 2.45) is 0 Å². The highest BCUT2D eigenvalue weighted by molar-refractivity contribution is 9.10. The van der Waals surface area contributed by atoms with Gasteiger partial charge in [0.2, 0.25) is 0 Å². The average molecular weight is 477 g/mol. The first-order valence-electron chi connectivity index (χ1n) is 8.25. The van der Waals surface area contributed by atoms with E-state index in [0.29, 0.717) is 26.1 Å². The van der Waals surface area contributed by atoms with Crippen LogP contribution in [-0.4, -0.2) is 15.9 Å². The van der Waals surface area contributed by atoms with Gasteiger partial charge in [0.15, 0.2) is 5.13 Å². The summed E-state index contributed by atoms with van der Waals surface area (Å²) in [6.07, 6.45) is 1.65. The molecule has 0 fully saturated rings. The van der Waals surface area contributed by atoms with E-state index in [1.54, 1.807) is 42.6 Å². The summed E-state index contributed by atoms with van der Waals surface area (Å²) in [7, 11) is 0. The van der Waals surface area contributed by atoms with E-state index < -0.39 is 5.82 Å². The number of nitrogens with zero attached hydrogens (tertiary/aromatic N) is 3. The number of pyridine rings is 1. The van der Waals surface area contributed by atoms with Crippen molar-refractivity contribution in [2.45, 2.75) is 6.54 Å². The first-order chi connectivity index (χ1) is 13.5. The Morgan fingerprint density at radius 2 is 2.04 bits per heavy atom. The number of hydrogen-bond donors (Lipinski definition) is 0. The van der Waals surface area contributed by atoms with Gasteiger partial charge in [-0.2, -0.15) is 0 Å². The number of aromatic nitrogens is 2. The number of carbonyl (C=O) groups is 1. The number of hydrogen-bond acceptors (Lipinski definition) is 4. The smallest absolute Gasteiger partial charge is 0.261 e. The molecule has 4 aromatic rings. The van der Waals surface area contributed by atoms with Gasteiger partial charge < -0.3 is 0 Å². The number of fused-ring (bicyclic) bond motifs is 1.